The third-order valence-corrected chi connectivity index (χ3v) is 3.19. The minimum absolute atomic E-state index is 0.205. The second-order valence-corrected chi connectivity index (χ2v) is 5.47. The number of carboxylic acid groups (broad SMARTS) is 1. The van der Waals surface area contributed by atoms with Crippen molar-refractivity contribution in [3.05, 3.63) is 0 Å². The van der Waals surface area contributed by atoms with Crippen molar-refractivity contribution in [1.29, 1.82) is 0 Å². The van der Waals surface area contributed by atoms with Crippen LogP contribution < -0.4 is 5.32 Å². The molecule has 5 nitrogen and oxygen atoms in total. The van der Waals surface area contributed by atoms with Crippen LogP contribution in [0.4, 0.5) is 18.0 Å². The molecule has 0 aromatic rings. The van der Waals surface area contributed by atoms with E-state index in [1.807, 2.05) is 13.8 Å². The summed E-state index contributed by atoms with van der Waals surface area (Å²) in [7, 11) is 0. The lowest BCUT2D eigenvalue weighted by Crippen LogP contribution is -2.54. The molecular formula is C11H17F3N2O3. The smallest absolute Gasteiger partial charge is 0.465 e. The average Bonchev–Trinajstić information content (AvgIpc) is 2.24. The van der Waals surface area contributed by atoms with Gasteiger partial charge in [0.05, 0.1) is 6.04 Å². The zero-order valence-electron chi connectivity index (χ0n) is 10.8. The van der Waals surface area contributed by atoms with Crippen molar-refractivity contribution >= 4 is 12.0 Å². The van der Waals surface area contributed by atoms with Gasteiger partial charge in [0.25, 0.3) is 0 Å². The number of hydrogen-bond donors (Lipinski definition) is 2. The predicted molar refractivity (Wildman–Crippen MR) is 60.6 cm³/mol. The topological polar surface area (TPSA) is 69.6 Å². The maximum atomic E-state index is 12.0. The number of piperidine rings is 1. The largest absolute Gasteiger partial charge is 0.471 e. The van der Waals surface area contributed by atoms with Crippen LogP contribution >= 0.6 is 0 Å². The molecule has 0 aromatic heterocycles. The minimum atomic E-state index is -4.94. The summed E-state index contributed by atoms with van der Waals surface area (Å²) in [6.07, 6.45) is -5.00. The van der Waals surface area contributed by atoms with E-state index in [2.05, 4.69) is 0 Å². The van der Waals surface area contributed by atoms with Gasteiger partial charge >= 0.3 is 18.2 Å². The molecule has 19 heavy (non-hydrogen) atoms. The van der Waals surface area contributed by atoms with Gasteiger partial charge in [0.2, 0.25) is 0 Å². The molecule has 2 N–H and O–H groups in total. The highest BCUT2D eigenvalue weighted by Crippen LogP contribution is 2.31. The molecule has 0 spiro atoms. The van der Waals surface area contributed by atoms with E-state index in [1.54, 1.807) is 5.32 Å². The zero-order chi connectivity index (χ0) is 14.8. The van der Waals surface area contributed by atoms with Crippen LogP contribution in [-0.2, 0) is 4.79 Å². The van der Waals surface area contributed by atoms with Crippen LogP contribution in [0.3, 0.4) is 0 Å². The quantitative estimate of drug-likeness (QED) is 0.812. The van der Waals surface area contributed by atoms with Gasteiger partial charge in [-0.2, -0.15) is 13.2 Å². The Morgan fingerprint density at radius 1 is 1.42 bits per heavy atom. The Morgan fingerprint density at radius 2 is 2.00 bits per heavy atom. The number of nitrogens with one attached hydrogen (secondary N) is 1. The molecule has 1 heterocycles. The van der Waals surface area contributed by atoms with Crippen molar-refractivity contribution in [2.24, 2.45) is 5.41 Å². The summed E-state index contributed by atoms with van der Waals surface area (Å²) in [6.45, 7) is 3.72. The molecule has 1 aliphatic heterocycles. The molecule has 1 rings (SSSR count). The van der Waals surface area contributed by atoms with Crippen LogP contribution in [0.2, 0.25) is 0 Å². The van der Waals surface area contributed by atoms with Crippen LogP contribution in [0.25, 0.3) is 0 Å². The van der Waals surface area contributed by atoms with Crippen molar-refractivity contribution < 1.29 is 27.9 Å². The molecule has 2 amide bonds. The Bertz CT molecular complexity index is 369. The van der Waals surface area contributed by atoms with E-state index < -0.39 is 24.2 Å². The Balaban J connectivity index is 2.62. The predicted octanol–water partition coefficient (Wildman–Crippen LogP) is 1.83. The molecule has 1 atom stereocenters. The fraction of sp³-hybridized carbons (Fsp3) is 0.818. The Labute approximate surface area is 108 Å². The molecule has 8 heteroatoms. The number of carbonyl (C=O) groups excluding carboxylic acids is 1. The first-order valence-corrected chi connectivity index (χ1v) is 5.87. The SMILES string of the molecule is CC1(C)CCC(CNC(=O)C(F)(F)F)N(C(=O)O)C1. The molecule has 0 aliphatic carbocycles. The lowest BCUT2D eigenvalue weighted by Gasteiger charge is -2.42. The highest BCUT2D eigenvalue weighted by Gasteiger charge is 2.40. The highest BCUT2D eigenvalue weighted by atomic mass is 19.4. The van der Waals surface area contributed by atoms with Gasteiger partial charge in [-0.1, -0.05) is 13.8 Å². The van der Waals surface area contributed by atoms with Crippen LogP contribution in [0.5, 0.6) is 0 Å². The van der Waals surface area contributed by atoms with Gasteiger partial charge in [-0.3, -0.25) is 4.79 Å². The van der Waals surface area contributed by atoms with E-state index in [4.69, 9.17) is 5.11 Å². The van der Waals surface area contributed by atoms with Gasteiger partial charge in [-0.15, -0.1) is 0 Å². The normalized spacial score (nSPS) is 23.0. The monoisotopic (exact) mass is 282 g/mol. The van der Waals surface area contributed by atoms with E-state index in [9.17, 15) is 22.8 Å². The highest BCUT2D eigenvalue weighted by molar-refractivity contribution is 5.81. The Morgan fingerprint density at radius 3 is 2.47 bits per heavy atom. The van der Waals surface area contributed by atoms with Gasteiger partial charge in [0.1, 0.15) is 0 Å². The molecule has 0 aromatic carbocycles. The maximum Gasteiger partial charge on any atom is 0.471 e. The zero-order valence-corrected chi connectivity index (χ0v) is 10.8. The fourth-order valence-corrected chi connectivity index (χ4v) is 2.13. The maximum absolute atomic E-state index is 12.0. The first-order valence-electron chi connectivity index (χ1n) is 5.87. The summed E-state index contributed by atoms with van der Waals surface area (Å²) in [5.74, 6) is -2.04. The van der Waals surface area contributed by atoms with Crippen molar-refractivity contribution in [1.82, 2.24) is 10.2 Å². The summed E-state index contributed by atoms with van der Waals surface area (Å²) < 4.78 is 36.1. The van der Waals surface area contributed by atoms with Crippen LogP contribution in [0.1, 0.15) is 26.7 Å². The van der Waals surface area contributed by atoms with E-state index >= 15 is 0 Å². The van der Waals surface area contributed by atoms with Crippen molar-refractivity contribution in [2.45, 2.75) is 38.9 Å². The Kier molecular flexibility index (Phi) is 4.32. The van der Waals surface area contributed by atoms with Crippen LogP contribution in [0.15, 0.2) is 0 Å². The summed E-state index contributed by atoms with van der Waals surface area (Å²) in [5, 5.41) is 10.8. The van der Waals surface area contributed by atoms with Crippen LogP contribution in [0, 0.1) is 5.41 Å². The number of likely N-dealkylation sites (tertiary alicyclic amines) is 1. The van der Waals surface area contributed by atoms with E-state index in [0.717, 1.165) is 4.90 Å². The second kappa shape index (κ2) is 5.26. The first-order chi connectivity index (χ1) is 8.53. The molecule has 1 unspecified atom stereocenters. The third kappa shape index (κ3) is 4.29. The molecule has 0 radical (unpaired) electrons. The molecule has 0 bridgehead atoms. The Hall–Kier alpha value is -1.47. The van der Waals surface area contributed by atoms with Gasteiger partial charge in [-0.25, -0.2) is 4.79 Å². The number of amides is 2. The number of halogens is 3. The summed E-state index contributed by atoms with van der Waals surface area (Å²) in [6, 6.07) is -0.614. The molecule has 1 aliphatic rings. The van der Waals surface area contributed by atoms with Gasteiger partial charge < -0.3 is 15.3 Å². The molecular weight excluding hydrogens is 265 g/mol. The van der Waals surface area contributed by atoms with Crippen molar-refractivity contribution in [3.63, 3.8) is 0 Å². The number of nitrogens with zero attached hydrogens (tertiary/aromatic N) is 1. The van der Waals surface area contributed by atoms with Crippen LogP contribution in [-0.4, -0.2) is 47.3 Å². The van der Waals surface area contributed by atoms with E-state index in [-0.39, 0.29) is 18.5 Å². The molecule has 110 valence electrons. The summed E-state index contributed by atoms with van der Waals surface area (Å²) >= 11 is 0. The average molecular weight is 282 g/mol. The number of alkyl halides is 3. The molecule has 1 saturated heterocycles. The molecule has 1 fully saturated rings. The fourth-order valence-electron chi connectivity index (χ4n) is 2.13. The first kappa shape index (κ1) is 15.6. The van der Waals surface area contributed by atoms with Gasteiger partial charge in [0.15, 0.2) is 0 Å². The van der Waals surface area contributed by atoms with Crippen molar-refractivity contribution in [2.75, 3.05) is 13.1 Å². The third-order valence-electron chi connectivity index (χ3n) is 3.19. The number of rotatable bonds is 2. The van der Waals surface area contributed by atoms with E-state index in [1.165, 1.54) is 0 Å². The van der Waals surface area contributed by atoms with Gasteiger partial charge in [-0.05, 0) is 18.3 Å². The molecule has 0 saturated carbocycles. The van der Waals surface area contributed by atoms with Gasteiger partial charge in [0, 0.05) is 13.1 Å². The van der Waals surface area contributed by atoms with Crippen molar-refractivity contribution in [3.8, 4) is 0 Å². The summed E-state index contributed by atoms with van der Waals surface area (Å²) in [5.41, 5.74) is -0.205. The second-order valence-electron chi connectivity index (χ2n) is 5.47. The number of hydrogen-bond acceptors (Lipinski definition) is 2. The number of carbonyl (C=O) groups is 2. The minimum Gasteiger partial charge on any atom is -0.465 e. The van der Waals surface area contributed by atoms with E-state index in [0.29, 0.717) is 12.8 Å². The standard InChI is InChI=1S/C11H17F3N2O3/c1-10(2)4-3-7(16(6-10)9(18)19)5-15-8(17)11(12,13)14/h7H,3-6H2,1-2H3,(H,15,17)(H,18,19). The lowest BCUT2D eigenvalue weighted by molar-refractivity contribution is -0.173. The summed E-state index contributed by atoms with van der Waals surface area (Å²) in [4.78, 5) is 22.9. The lowest BCUT2D eigenvalue weighted by atomic mass is 9.81.